The lowest BCUT2D eigenvalue weighted by Gasteiger charge is -2.26. The lowest BCUT2D eigenvalue weighted by atomic mass is 10.0. The maximum Gasteiger partial charge on any atom is 0.223 e. The van der Waals surface area contributed by atoms with Crippen LogP contribution in [-0.4, -0.2) is 42.6 Å². The van der Waals surface area contributed by atoms with Crippen molar-refractivity contribution in [3.63, 3.8) is 0 Å². The van der Waals surface area contributed by atoms with E-state index in [1.807, 2.05) is 38.4 Å². The minimum absolute atomic E-state index is 0.103. The highest BCUT2D eigenvalue weighted by Gasteiger charge is 2.18. The van der Waals surface area contributed by atoms with Gasteiger partial charge >= 0.3 is 0 Å². The van der Waals surface area contributed by atoms with Gasteiger partial charge in [-0.2, -0.15) is 4.98 Å². The van der Waals surface area contributed by atoms with Gasteiger partial charge in [0.15, 0.2) is 0 Å². The van der Waals surface area contributed by atoms with Crippen LogP contribution in [0.25, 0.3) is 0 Å². The standard InChI is InChI=1S/C15H20ClN5O/c1-21(2)11(10-6-4-5-7-12(10)22-3)9-18-14-8-13(16)19-15(17)20-14/h4-8,11H,9H2,1-3H3,(H3,17,18,19,20)/t11-/m1/s1. The second-order valence-corrected chi connectivity index (χ2v) is 5.42. The number of methoxy groups -OCH3 is 1. The number of nitrogen functional groups attached to an aromatic ring is 1. The molecule has 1 heterocycles. The Morgan fingerprint density at radius 1 is 1.32 bits per heavy atom. The molecule has 0 aliphatic carbocycles. The van der Waals surface area contributed by atoms with Gasteiger partial charge in [-0.15, -0.1) is 0 Å². The van der Waals surface area contributed by atoms with E-state index in [2.05, 4.69) is 20.2 Å². The van der Waals surface area contributed by atoms with E-state index in [0.717, 1.165) is 11.3 Å². The van der Waals surface area contributed by atoms with Crippen LogP contribution >= 0.6 is 11.6 Å². The molecule has 2 rings (SSSR count). The summed E-state index contributed by atoms with van der Waals surface area (Å²) < 4.78 is 5.45. The number of para-hydroxylation sites is 1. The maximum absolute atomic E-state index is 5.89. The molecule has 0 aliphatic rings. The molecule has 7 heteroatoms. The van der Waals surface area contributed by atoms with Gasteiger partial charge in [0.1, 0.15) is 16.7 Å². The number of ether oxygens (including phenoxy) is 1. The van der Waals surface area contributed by atoms with Crippen molar-refractivity contribution in [2.45, 2.75) is 6.04 Å². The monoisotopic (exact) mass is 321 g/mol. The van der Waals surface area contributed by atoms with Gasteiger partial charge in [0.2, 0.25) is 5.95 Å². The highest BCUT2D eigenvalue weighted by Crippen LogP contribution is 2.28. The lowest BCUT2D eigenvalue weighted by molar-refractivity contribution is 0.300. The summed E-state index contributed by atoms with van der Waals surface area (Å²) in [4.78, 5) is 10.1. The molecule has 1 aromatic carbocycles. The van der Waals surface area contributed by atoms with Crippen molar-refractivity contribution in [3.8, 4) is 5.75 Å². The topological polar surface area (TPSA) is 76.3 Å². The van der Waals surface area contributed by atoms with Crippen molar-refractivity contribution < 1.29 is 4.74 Å². The van der Waals surface area contributed by atoms with Gasteiger partial charge in [0.05, 0.1) is 13.2 Å². The molecule has 0 bridgehead atoms. The Labute approximate surface area is 135 Å². The number of likely N-dealkylation sites (N-methyl/N-ethyl adjacent to an activating group) is 1. The van der Waals surface area contributed by atoms with Gasteiger partial charge in [0.25, 0.3) is 0 Å². The second-order valence-electron chi connectivity index (χ2n) is 5.04. The summed E-state index contributed by atoms with van der Waals surface area (Å²) in [6.45, 7) is 0.625. The average molecular weight is 322 g/mol. The molecular weight excluding hydrogens is 302 g/mol. The predicted octanol–water partition coefficient (Wildman–Crippen LogP) is 2.44. The van der Waals surface area contributed by atoms with Crippen molar-refractivity contribution in [2.24, 2.45) is 0 Å². The van der Waals surface area contributed by atoms with Crippen LogP contribution in [0.15, 0.2) is 30.3 Å². The molecule has 22 heavy (non-hydrogen) atoms. The summed E-state index contributed by atoms with van der Waals surface area (Å²) in [6.07, 6.45) is 0. The van der Waals surface area contributed by atoms with Crippen LogP contribution in [0.4, 0.5) is 11.8 Å². The van der Waals surface area contributed by atoms with E-state index < -0.39 is 0 Å². The molecule has 0 fully saturated rings. The molecule has 0 unspecified atom stereocenters. The Morgan fingerprint density at radius 2 is 2.05 bits per heavy atom. The first-order valence-corrected chi connectivity index (χ1v) is 7.22. The van der Waals surface area contributed by atoms with Crippen molar-refractivity contribution >= 4 is 23.4 Å². The Morgan fingerprint density at radius 3 is 2.68 bits per heavy atom. The first-order chi connectivity index (χ1) is 10.5. The number of hydrogen-bond acceptors (Lipinski definition) is 6. The molecule has 1 atom stereocenters. The van der Waals surface area contributed by atoms with Crippen LogP contribution in [0, 0.1) is 0 Å². The van der Waals surface area contributed by atoms with Crippen LogP contribution in [0.1, 0.15) is 11.6 Å². The minimum Gasteiger partial charge on any atom is -0.496 e. The third-order valence-corrected chi connectivity index (χ3v) is 3.50. The number of nitrogens with one attached hydrogen (secondary N) is 1. The van der Waals surface area contributed by atoms with Crippen molar-refractivity contribution in [1.82, 2.24) is 14.9 Å². The molecule has 0 saturated heterocycles. The molecule has 118 valence electrons. The van der Waals surface area contributed by atoms with Gasteiger partial charge in [-0.1, -0.05) is 29.8 Å². The van der Waals surface area contributed by atoms with Crippen LogP contribution in [0.2, 0.25) is 5.15 Å². The van der Waals surface area contributed by atoms with E-state index >= 15 is 0 Å². The Bertz CT molecular complexity index is 615. The van der Waals surface area contributed by atoms with Crippen LogP contribution in [0.3, 0.4) is 0 Å². The van der Waals surface area contributed by atoms with E-state index in [1.165, 1.54) is 0 Å². The van der Waals surface area contributed by atoms with Crippen molar-refractivity contribution in [3.05, 3.63) is 41.0 Å². The number of halogens is 1. The van der Waals surface area contributed by atoms with Crippen LogP contribution < -0.4 is 15.8 Å². The summed E-state index contributed by atoms with van der Waals surface area (Å²) in [7, 11) is 5.70. The van der Waals surface area contributed by atoms with Gasteiger partial charge in [-0.25, -0.2) is 4.98 Å². The van der Waals surface area contributed by atoms with Crippen molar-refractivity contribution in [2.75, 3.05) is 38.8 Å². The number of nitrogens with two attached hydrogens (primary N) is 1. The molecule has 1 aromatic heterocycles. The summed E-state index contributed by atoms with van der Waals surface area (Å²) in [5.41, 5.74) is 6.70. The highest BCUT2D eigenvalue weighted by atomic mass is 35.5. The first kappa shape index (κ1) is 16.3. The molecule has 0 saturated carbocycles. The Hall–Kier alpha value is -2.05. The molecule has 3 N–H and O–H groups in total. The van der Waals surface area contributed by atoms with Crippen LogP contribution in [-0.2, 0) is 0 Å². The highest BCUT2D eigenvalue weighted by molar-refractivity contribution is 6.29. The lowest BCUT2D eigenvalue weighted by Crippen LogP contribution is -2.27. The smallest absolute Gasteiger partial charge is 0.223 e. The molecule has 0 radical (unpaired) electrons. The fourth-order valence-electron chi connectivity index (χ4n) is 2.24. The third kappa shape index (κ3) is 3.99. The Kier molecular flexibility index (Phi) is 5.41. The Balaban J connectivity index is 2.19. The summed E-state index contributed by atoms with van der Waals surface area (Å²) in [6, 6.07) is 9.69. The van der Waals surface area contributed by atoms with Gasteiger partial charge < -0.3 is 20.7 Å². The minimum atomic E-state index is 0.103. The zero-order valence-corrected chi connectivity index (χ0v) is 13.6. The molecule has 2 aromatic rings. The molecule has 0 amide bonds. The van der Waals surface area contributed by atoms with Crippen molar-refractivity contribution in [1.29, 1.82) is 0 Å². The van der Waals surface area contributed by atoms with Gasteiger partial charge in [-0.3, -0.25) is 0 Å². The number of hydrogen-bond donors (Lipinski definition) is 2. The molecule has 6 nitrogen and oxygen atoms in total. The number of nitrogens with zero attached hydrogens (tertiary/aromatic N) is 3. The molecular formula is C15H20ClN5O. The third-order valence-electron chi connectivity index (χ3n) is 3.31. The molecule has 0 aliphatic heterocycles. The van der Waals surface area contributed by atoms with E-state index in [0.29, 0.717) is 17.5 Å². The number of benzene rings is 1. The van der Waals surface area contributed by atoms with Gasteiger partial charge in [-0.05, 0) is 20.2 Å². The van der Waals surface area contributed by atoms with E-state index in [4.69, 9.17) is 22.1 Å². The fraction of sp³-hybridized carbons (Fsp3) is 0.333. The predicted molar refractivity (Wildman–Crippen MR) is 89.4 cm³/mol. The zero-order chi connectivity index (χ0) is 16.1. The van der Waals surface area contributed by atoms with Crippen LogP contribution in [0.5, 0.6) is 5.75 Å². The maximum atomic E-state index is 5.89. The van der Waals surface area contributed by atoms with E-state index in [1.54, 1.807) is 13.2 Å². The first-order valence-electron chi connectivity index (χ1n) is 6.84. The van der Waals surface area contributed by atoms with E-state index in [9.17, 15) is 0 Å². The number of rotatable bonds is 6. The van der Waals surface area contributed by atoms with Gasteiger partial charge in [0, 0.05) is 18.2 Å². The largest absolute Gasteiger partial charge is 0.496 e. The summed E-state index contributed by atoms with van der Waals surface area (Å²) in [5.74, 6) is 1.59. The SMILES string of the molecule is COc1ccccc1[C@@H](CNc1cc(Cl)nc(N)n1)N(C)C. The summed E-state index contributed by atoms with van der Waals surface area (Å²) in [5, 5.41) is 3.56. The quantitative estimate of drug-likeness (QED) is 0.796. The molecule has 0 spiro atoms. The fourth-order valence-corrected chi connectivity index (χ4v) is 2.43. The normalized spacial score (nSPS) is 12.2. The average Bonchev–Trinajstić information content (AvgIpc) is 2.46. The zero-order valence-electron chi connectivity index (χ0n) is 12.9. The summed E-state index contributed by atoms with van der Waals surface area (Å²) >= 11 is 5.89. The van der Waals surface area contributed by atoms with E-state index in [-0.39, 0.29) is 12.0 Å². The number of anilines is 2. The second kappa shape index (κ2) is 7.29. The number of aromatic nitrogens is 2.